The molecule has 0 aromatic heterocycles. The van der Waals surface area contributed by atoms with Crippen molar-refractivity contribution in [1.82, 2.24) is 16.0 Å². The van der Waals surface area contributed by atoms with Crippen molar-refractivity contribution >= 4 is 78.3 Å². The summed E-state index contributed by atoms with van der Waals surface area (Å²) < 4.78 is 12.3. The molecule has 3 N–H and O–H groups in total. The fourth-order valence-corrected chi connectivity index (χ4v) is 13.9. The summed E-state index contributed by atoms with van der Waals surface area (Å²) in [6, 6.07) is 28.8. The third-order valence-corrected chi connectivity index (χ3v) is 18.9. The van der Waals surface area contributed by atoms with Crippen molar-refractivity contribution in [2.45, 2.75) is 51.1 Å². The van der Waals surface area contributed by atoms with Crippen LogP contribution in [0.2, 0.25) is 0 Å². The Balaban J connectivity index is 1.65. The van der Waals surface area contributed by atoms with Crippen LogP contribution in [0.3, 0.4) is 0 Å². The monoisotopic (exact) mass is 802 g/mol. The Bertz CT molecular complexity index is 1520. The average molecular weight is 804 g/mol. The van der Waals surface area contributed by atoms with E-state index < -0.39 is 47.7 Å². The molecule has 0 bridgehead atoms. The quantitative estimate of drug-likeness (QED) is 0.0474. The normalized spacial score (nSPS) is 13.0. The van der Waals surface area contributed by atoms with Crippen LogP contribution in [0.25, 0.3) is 0 Å². The van der Waals surface area contributed by atoms with Gasteiger partial charge >= 0.3 is 239 Å². The van der Waals surface area contributed by atoms with E-state index >= 15 is 0 Å². The summed E-state index contributed by atoms with van der Waals surface area (Å²) in [6.07, 6.45) is 1.74. The molecule has 0 radical (unpaired) electrons. The van der Waals surface area contributed by atoms with Gasteiger partial charge in [-0.1, -0.05) is 0 Å². The van der Waals surface area contributed by atoms with Crippen LogP contribution in [0.15, 0.2) is 95.6 Å². The van der Waals surface area contributed by atoms with Crippen LogP contribution in [-0.4, -0.2) is 73.9 Å². The van der Waals surface area contributed by atoms with E-state index in [1.54, 1.807) is 6.92 Å². The number of benzene rings is 3. The van der Waals surface area contributed by atoms with Crippen LogP contribution in [-0.2, 0) is 33.4 Å². The van der Waals surface area contributed by atoms with Crippen molar-refractivity contribution < 1.29 is 33.4 Å². The number of nitroso groups, excluding NO2 is 1. The number of nitrogens with zero attached hydrogens (tertiary/aromatic N) is 1. The molecule has 0 aliphatic heterocycles. The first-order valence-corrected chi connectivity index (χ1v) is 21.9. The first-order valence-electron chi connectivity index (χ1n) is 16.5. The SMILES string of the molecule is CCOC(=O)CNC(=O)[C@H](CSN=O)NC(=O)CC[C@H](NC(=O)CCCCP(Br)(c1ccccc1)(c1ccccc1)c1ccccc1)C(=O)OC. The molecule has 0 saturated carbocycles. The second-order valence-corrected chi connectivity index (χ2v) is 21.4. The van der Waals surface area contributed by atoms with E-state index in [1.165, 1.54) is 23.0 Å². The number of ether oxygens (including phenoxy) is 2. The van der Waals surface area contributed by atoms with Gasteiger partial charge in [-0.3, -0.25) is 9.59 Å². The van der Waals surface area contributed by atoms with Crippen LogP contribution in [0.1, 0.15) is 39.0 Å². The van der Waals surface area contributed by atoms with E-state index in [1.807, 2.05) is 54.6 Å². The van der Waals surface area contributed by atoms with Crippen LogP contribution in [0, 0.1) is 4.91 Å². The second-order valence-electron chi connectivity index (χ2n) is 11.6. The first kappa shape index (κ1) is 41.3. The Kier molecular flexibility index (Phi) is 16.7. The van der Waals surface area contributed by atoms with E-state index in [0.29, 0.717) is 24.8 Å². The van der Waals surface area contributed by atoms with Gasteiger partial charge in [0.1, 0.15) is 6.54 Å². The van der Waals surface area contributed by atoms with Gasteiger partial charge in [0, 0.05) is 22.3 Å². The number of esters is 2. The summed E-state index contributed by atoms with van der Waals surface area (Å²) in [4.78, 5) is 73.3. The maximum absolute atomic E-state index is 13.1. The third-order valence-electron chi connectivity index (χ3n) is 8.25. The standard InChI is InChI=1S/C36H44BrN4O8PS/c1-3-49-34(44)25-38-35(45)31(26-51-41-47)40-33(43)23-22-30(36(46)48-2)39-32(42)21-13-14-24-50(37,27-15-7-4-8-16-27,28-17-9-5-10-18-28)29-19-11-6-12-20-29/h4-12,15-20,30-31H,3,13-14,21-26H2,1-2H3,(H,38,45)(H,39,42)(H,40,43)/t30-,31-/m0/s1. The Morgan fingerprint density at radius 1 is 0.784 bits per heavy atom. The molecule has 51 heavy (non-hydrogen) atoms. The van der Waals surface area contributed by atoms with Gasteiger partial charge in [-0.05, 0) is 6.92 Å². The van der Waals surface area contributed by atoms with E-state index in [9.17, 15) is 28.9 Å². The van der Waals surface area contributed by atoms with Gasteiger partial charge in [-0.2, -0.15) is 0 Å². The number of carbonyl (C=O) groups excluding carboxylic acids is 5. The number of hydrogen-bond acceptors (Lipinski definition) is 10. The molecule has 0 spiro atoms. The molecule has 0 unspecified atom stereocenters. The van der Waals surface area contributed by atoms with Gasteiger partial charge < -0.3 is 10.1 Å². The molecule has 0 aliphatic rings. The molecule has 0 aliphatic carbocycles. The zero-order valence-electron chi connectivity index (χ0n) is 28.6. The summed E-state index contributed by atoms with van der Waals surface area (Å²) in [7, 11) is 1.19. The number of halogens is 1. The van der Waals surface area contributed by atoms with Crippen molar-refractivity contribution in [2.75, 3.05) is 32.2 Å². The van der Waals surface area contributed by atoms with E-state index in [0.717, 1.165) is 6.16 Å². The van der Waals surface area contributed by atoms with Crippen LogP contribution in [0.5, 0.6) is 0 Å². The van der Waals surface area contributed by atoms with Gasteiger partial charge in [0.2, 0.25) is 5.91 Å². The minimum atomic E-state index is -3.15. The number of nitrogens with one attached hydrogen (secondary N) is 3. The minimum absolute atomic E-state index is 0.103. The van der Waals surface area contributed by atoms with Gasteiger partial charge in [0.05, 0.1) is 6.61 Å². The fourth-order valence-electron chi connectivity index (χ4n) is 5.73. The molecule has 3 amide bonds. The molecule has 274 valence electrons. The molecular weight excluding hydrogens is 759 g/mol. The third kappa shape index (κ3) is 11.4. The molecule has 0 fully saturated rings. The summed E-state index contributed by atoms with van der Waals surface area (Å²) in [5.74, 6) is -3.27. The van der Waals surface area contributed by atoms with Gasteiger partial charge in [0.15, 0.2) is 0 Å². The van der Waals surface area contributed by atoms with Crippen LogP contribution >= 0.6 is 32.7 Å². The molecule has 2 atom stereocenters. The van der Waals surface area contributed by atoms with Gasteiger partial charge in [0.25, 0.3) is 0 Å². The molecule has 0 heterocycles. The molecule has 12 nitrogen and oxygen atoms in total. The number of hydrogen-bond donors (Lipinski definition) is 3. The Morgan fingerprint density at radius 3 is 1.78 bits per heavy atom. The van der Waals surface area contributed by atoms with Crippen molar-refractivity contribution in [3.8, 4) is 0 Å². The molecule has 3 aromatic rings. The van der Waals surface area contributed by atoms with Gasteiger partial charge in [-0.15, -0.1) is 4.91 Å². The van der Waals surface area contributed by atoms with Gasteiger partial charge in [-0.25, -0.2) is 0 Å². The summed E-state index contributed by atoms with van der Waals surface area (Å²) in [5, 5.41) is 7.90. The Labute approximate surface area is 310 Å². The van der Waals surface area contributed by atoms with Crippen molar-refractivity contribution in [1.29, 1.82) is 0 Å². The molecule has 3 aromatic carbocycles. The van der Waals surface area contributed by atoms with E-state index in [-0.39, 0.29) is 37.5 Å². The second kappa shape index (κ2) is 20.7. The number of rotatable bonds is 21. The number of methoxy groups -OCH3 is 1. The predicted octanol–water partition coefficient (Wildman–Crippen LogP) is 4.01. The molecule has 0 saturated heterocycles. The average Bonchev–Trinajstić information content (AvgIpc) is 3.16. The molecule has 3 rings (SSSR count). The van der Waals surface area contributed by atoms with Crippen molar-refractivity contribution in [3.63, 3.8) is 0 Å². The number of carbonyl (C=O) groups is 5. The Hall–Kier alpha value is -4.13. The van der Waals surface area contributed by atoms with Crippen molar-refractivity contribution in [3.05, 3.63) is 95.9 Å². The summed E-state index contributed by atoms with van der Waals surface area (Å²) in [6.45, 7) is 1.33. The first-order chi connectivity index (χ1) is 24.6. The van der Waals surface area contributed by atoms with Crippen LogP contribution < -0.4 is 31.9 Å². The summed E-state index contributed by atoms with van der Waals surface area (Å²) >= 11 is 4.94. The van der Waals surface area contributed by atoms with Crippen molar-refractivity contribution in [2.24, 2.45) is 4.58 Å². The molecule has 15 heteroatoms. The van der Waals surface area contributed by atoms with Crippen LogP contribution in [0.4, 0.5) is 0 Å². The predicted molar refractivity (Wildman–Crippen MR) is 206 cm³/mol. The molecular formula is C36H44BrN4O8PS. The Morgan fingerprint density at radius 2 is 1.29 bits per heavy atom. The zero-order chi connectivity index (χ0) is 37.1. The fraction of sp³-hybridized carbons (Fsp3) is 0.361. The van der Waals surface area contributed by atoms with E-state index in [4.69, 9.17) is 9.47 Å². The van der Waals surface area contributed by atoms with E-state index in [2.05, 4.69) is 72.4 Å². The maximum atomic E-state index is 13.1. The number of amides is 3. The number of unbranched alkanes of at least 4 members (excludes halogenated alkanes) is 1. The zero-order valence-corrected chi connectivity index (χ0v) is 31.9. The topological polar surface area (TPSA) is 169 Å². The summed E-state index contributed by atoms with van der Waals surface area (Å²) in [5.41, 5.74) is 0.